The van der Waals surface area contributed by atoms with Crippen LogP contribution in [0, 0.1) is 0 Å². The quantitative estimate of drug-likeness (QED) is 0.858. The summed E-state index contributed by atoms with van der Waals surface area (Å²) in [5.41, 5.74) is 1.95. The number of aliphatic carboxylic acids is 1. The highest BCUT2D eigenvalue weighted by Gasteiger charge is 2.28. The second-order valence-electron chi connectivity index (χ2n) is 5.80. The van der Waals surface area contributed by atoms with E-state index in [0.717, 1.165) is 11.3 Å². The Morgan fingerprint density at radius 2 is 1.87 bits per heavy atom. The van der Waals surface area contributed by atoms with Gasteiger partial charge in [0.1, 0.15) is 11.7 Å². The third-order valence-corrected chi connectivity index (χ3v) is 3.72. The number of nitrogens with zero attached hydrogens (tertiary/aromatic N) is 2. The highest BCUT2D eigenvalue weighted by Crippen LogP contribution is 2.16. The van der Waals surface area contributed by atoms with Gasteiger partial charge in [0.25, 0.3) is 5.91 Å². The topological polar surface area (TPSA) is 86.3 Å². The molecule has 0 saturated carbocycles. The molecule has 6 nitrogen and oxygen atoms in total. The van der Waals surface area contributed by atoms with Crippen molar-refractivity contribution in [3.05, 3.63) is 53.3 Å². The molecular formula is C17H21N3O3. The molecule has 0 bridgehead atoms. The average Bonchev–Trinajstić information content (AvgIpc) is 3.02. The zero-order valence-electron chi connectivity index (χ0n) is 13.5. The van der Waals surface area contributed by atoms with Gasteiger partial charge in [-0.05, 0) is 24.5 Å². The molecule has 0 aliphatic rings. The summed E-state index contributed by atoms with van der Waals surface area (Å²) in [7, 11) is 0. The van der Waals surface area contributed by atoms with Crippen molar-refractivity contribution in [3.63, 3.8) is 0 Å². The van der Waals surface area contributed by atoms with Crippen LogP contribution in [0.5, 0.6) is 0 Å². The Labute approximate surface area is 135 Å². The molecule has 0 aliphatic heterocycles. The molecule has 0 radical (unpaired) electrons. The van der Waals surface area contributed by atoms with Crippen LogP contribution >= 0.6 is 0 Å². The van der Waals surface area contributed by atoms with Crippen LogP contribution in [0.15, 0.2) is 36.4 Å². The minimum absolute atomic E-state index is 0.212. The molecule has 23 heavy (non-hydrogen) atoms. The molecule has 0 spiro atoms. The smallest absolute Gasteiger partial charge is 0.326 e. The van der Waals surface area contributed by atoms with Crippen molar-refractivity contribution in [2.45, 2.75) is 39.3 Å². The van der Waals surface area contributed by atoms with Gasteiger partial charge in [-0.3, -0.25) is 9.89 Å². The number of hydrogen-bond donors (Lipinski definition) is 2. The van der Waals surface area contributed by atoms with Crippen molar-refractivity contribution >= 4 is 11.9 Å². The van der Waals surface area contributed by atoms with Gasteiger partial charge in [0.15, 0.2) is 0 Å². The Morgan fingerprint density at radius 3 is 2.39 bits per heavy atom. The summed E-state index contributed by atoms with van der Waals surface area (Å²) in [4.78, 5) is 25.4. The molecule has 122 valence electrons. The fourth-order valence-corrected chi connectivity index (χ4v) is 2.19. The maximum absolute atomic E-state index is 12.7. The predicted octanol–water partition coefficient (Wildman–Crippen LogP) is 2.65. The largest absolute Gasteiger partial charge is 0.480 e. The van der Waals surface area contributed by atoms with Crippen molar-refractivity contribution in [1.29, 1.82) is 0 Å². The highest BCUT2D eigenvalue weighted by molar-refractivity contribution is 5.95. The van der Waals surface area contributed by atoms with Crippen LogP contribution < -0.4 is 0 Å². The van der Waals surface area contributed by atoms with E-state index in [4.69, 9.17) is 0 Å². The van der Waals surface area contributed by atoms with Crippen LogP contribution in [0.4, 0.5) is 0 Å². The molecule has 6 heteroatoms. The normalized spacial score (nSPS) is 12.2. The number of aromatic amines is 1. The lowest BCUT2D eigenvalue weighted by molar-refractivity contribution is -0.141. The molecule has 2 aromatic rings. The summed E-state index contributed by atoms with van der Waals surface area (Å²) in [6.45, 7) is 5.70. The number of carboxylic acids is 1. The van der Waals surface area contributed by atoms with Crippen molar-refractivity contribution < 1.29 is 14.7 Å². The van der Waals surface area contributed by atoms with Crippen molar-refractivity contribution in [1.82, 2.24) is 15.1 Å². The van der Waals surface area contributed by atoms with Crippen LogP contribution in [0.3, 0.4) is 0 Å². The number of carbonyl (C=O) groups excluding carboxylic acids is 1. The molecule has 1 aromatic carbocycles. The Hall–Kier alpha value is -2.63. The molecule has 2 N–H and O–H groups in total. The first-order chi connectivity index (χ1) is 10.9. The molecule has 1 atom stereocenters. The van der Waals surface area contributed by atoms with Gasteiger partial charge >= 0.3 is 5.97 Å². The second-order valence-corrected chi connectivity index (χ2v) is 5.80. The van der Waals surface area contributed by atoms with E-state index >= 15 is 0 Å². The molecule has 0 saturated heterocycles. The summed E-state index contributed by atoms with van der Waals surface area (Å²) in [5, 5.41) is 16.2. The van der Waals surface area contributed by atoms with Crippen molar-refractivity contribution in [2.75, 3.05) is 0 Å². The zero-order chi connectivity index (χ0) is 17.0. The van der Waals surface area contributed by atoms with E-state index in [1.807, 2.05) is 44.2 Å². The molecule has 1 heterocycles. The lowest BCUT2D eigenvalue weighted by Crippen LogP contribution is -2.42. The number of aromatic nitrogens is 2. The van der Waals surface area contributed by atoms with Crippen LogP contribution in [0.1, 0.15) is 48.4 Å². The lowest BCUT2D eigenvalue weighted by Gasteiger charge is -2.25. The van der Waals surface area contributed by atoms with Crippen LogP contribution in [-0.2, 0) is 11.3 Å². The Kier molecular flexibility index (Phi) is 5.16. The second kappa shape index (κ2) is 7.09. The molecule has 1 aromatic heterocycles. The minimum atomic E-state index is -1.05. The van der Waals surface area contributed by atoms with Crippen molar-refractivity contribution in [3.8, 4) is 0 Å². The van der Waals surface area contributed by atoms with Gasteiger partial charge in [0.05, 0.1) is 0 Å². The van der Waals surface area contributed by atoms with Gasteiger partial charge in [0.2, 0.25) is 0 Å². The Balaban J connectivity index is 2.28. The van der Waals surface area contributed by atoms with E-state index in [1.54, 1.807) is 6.07 Å². The molecule has 2 rings (SSSR count). The van der Waals surface area contributed by atoms with E-state index in [9.17, 15) is 14.7 Å². The molecule has 1 unspecified atom stereocenters. The first-order valence-corrected chi connectivity index (χ1v) is 7.53. The SMILES string of the molecule is CC(C)c1cc(C(=O)N(Cc2ccccc2)C(C)C(=O)O)n[nH]1. The lowest BCUT2D eigenvalue weighted by atomic mass is 10.1. The fourth-order valence-electron chi connectivity index (χ4n) is 2.19. The minimum Gasteiger partial charge on any atom is -0.480 e. The number of H-pyrrole nitrogens is 1. The highest BCUT2D eigenvalue weighted by atomic mass is 16.4. The van der Waals surface area contributed by atoms with E-state index in [0.29, 0.717) is 0 Å². The number of nitrogens with one attached hydrogen (secondary N) is 1. The van der Waals surface area contributed by atoms with Crippen molar-refractivity contribution in [2.24, 2.45) is 0 Å². The number of carbonyl (C=O) groups is 2. The summed E-state index contributed by atoms with van der Waals surface area (Å²) in [6, 6.07) is 10.0. The summed E-state index contributed by atoms with van der Waals surface area (Å²) in [6.07, 6.45) is 0. The number of benzene rings is 1. The Bertz CT molecular complexity index is 679. The number of amides is 1. The average molecular weight is 315 g/mol. The van der Waals surface area contributed by atoms with E-state index in [-0.39, 0.29) is 18.2 Å². The number of rotatable bonds is 6. The van der Waals surface area contributed by atoms with E-state index in [1.165, 1.54) is 11.8 Å². The number of carboxylic acid groups (broad SMARTS) is 1. The Morgan fingerprint density at radius 1 is 1.22 bits per heavy atom. The van der Waals surface area contributed by atoms with Crippen LogP contribution in [0.25, 0.3) is 0 Å². The maximum atomic E-state index is 12.7. The standard InChI is InChI=1S/C17H21N3O3/c1-11(2)14-9-15(19-18-14)16(21)20(12(3)17(22)23)10-13-7-5-4-6-8-13/h4-9,11-12H,10H2,1-3H3,(H,18,19)(H,22,23). The van der Waals surface area contributed by atoms with Gasteiger partial charge < -0.3 is 10.0 Å². The van der Waals surface area contributed by atoms with Gasteiger partial charge in [0, 0.05) is 12.2 Å². The molecule has 0 aliphatic carbocycles. The van der Waals surface area contributed by atoms with Gasteiger partial charge in [-0.2, -0.15) is 5.10 Å². The summed E-state index contributed by atoms with van der Waals surface area (Å²) >= 11 is 0. The van der Waals surface area contributed by atoms with E-state index < -0.39 is 17.9 Å². The fraction of sp³-hybridized carbons (Fsp3) is 0.353. The van der Waals surface area contributed by atoms with E-state index in [2.05, 4.69) is 10.2 Å². The maximum Gasteiger partial charge on any atom is 0.326 e. The monoisotopic (exact) mass is 315 g/mol. The van der Waals surface area contributed by atoms with Gasteiger partial charge in [-0.15, -0.1) is 0 Å². The number of hydrogen-bond acceptors (Lipinski definition) is 3. The molecular weight excluding hydrogens is 294 g/mol. The van der Waals surface area contributed by atoms with Gasteiger partial charge in [-0.25, -0.2) is 4.79 Å². The van der Waals surface area contributed by atoms with Gasteiger partial charge in [-0.1, -0.05) is 44.2 Å². The molecule has 0 fully saturated rings. The first-order valence-electron chi connectivity index (χ1n) is 7.53. The summed E-state index contributed by atoms with van der Waals surface area (Å²) in [5.74, 6) is -1.23. The third kappa shape index (κ3) is 3.97. The first kappa shape index (κ1) is 16.7. The summed E-state index contributed by atoms with van der Waals surface area (Å²) < 4.78 is 0. The third-order valence-electron chi connectivity index (χ3n) is 3.72. The zero-order valence-corrected chi connectivity index (χ0v) is 13.5. The predicted molar refractivity (Wildman–Crippen MR) is 86.1 cm³/mol. The van der Waals surface area contributed by atoms with Crippen LogP contribution in [0.2, 0.25) is 0 Å². The van der Waals surface area contributed by atoms with Crippen LogP contribution in [-0.4, -0.2) is 38.1 Å². The molecule has 1 amide bonds.